The van der Waals surface area contributed by atoms with E-state index in [0.29, 0.717) is 45.2 Å². The van der Waals surface area contributed by atoms with E-state index in [2.05, 4.69) is 15.9 Å². The summed E-state index contributed by atoms with van der Waals surface area (Å²) < 4.78 is 55.5. The van der Waals surface area contributed by atoms with E-state index in [1.165, 1.54) is 16.8 Å². The molecule has 0 N–H and O–H groups in total. The summed E-state index contributed by atoms with van der Waals surface area (Å²) in [4.78, 5) is 15.6. The Labute approximate surface area is 215 Å². The van der Waals surface area contributed by atoms with Gasteiger partial charge in [-0.25, -0.2) is 26.8 Å². The standard InChI is InChI=1S/C23H29N5O5S3/c1-35(29,30)19-5-3-17(4-6-19)22-24-20-15-18(16-26-7-9-28(10-8-26)36(2,31)32)34-21(20)23(25-22)27-11-13-33-14-12-27/h3-6,15H,7-14,16H2,1-2H3. The molecule has 2 fully saturated rings. The Morgan fingerprint density at radius 3 is 2.19 bits per heavy atom. The molecule has 0 bridgehead atoms. The van der Waals surface area contributed by atoms with Crippen LogP contribution in [0.25, 0.3) is 21.6 Å². The molecular formula is C23H29N5O5S3. The number of benzene rings is 1. The number of fused-ring (bicyclic) bond motifs is 1. The second-order valence-corrected chi connectivity index (χ2v) is 14.3. The summed E-state index contributed by atoms with van der Waals surface area (Å²) in [6.45, 7) is 5.81. The van der Waals surface area contributed by atoms with E-state index in [-0.39, 0.29) is 4.90 Å². The van der Waals surface area contributed by atoms with Crippen LogP contribution in [0, 0.1) is 0 Å². The Kier molecular flexibility index (Phi) is 7.05. The number of thiophene rings is 1. The van der Waals surface area contributed by atoms with Gasteiger partial charge >= 0.3 is 0 Å². The molecule has 0 radical (unpaired) electrons. The Bertz CT molecular complexity index is 1460. The summed E-state index contributed by atoms with van der Waals surface area (Å²) >= 11 is 1.67. The number of rotatable bonds is 6. The lowest BCUT2D eigenvalue weighted by atomic mass is 10.2. The molecule has 5 rings (SSSR count). The number of hydrogen-bond acceptors (Lipinski definition) is 10. The SMILES string of the molecule is CS(=O)(=O)c1ccc(-c2nc(N3CCOCC3)c3sc(CN4CCN(S(C)(=O)=O)CC4)cc3n2)cc1. The monoisotopic (exact) mass is 551 g/mol. The number of sulfone groups is 1. The molecule has 194 valence electrons. The quantitative estimate of drug-likeness (QED) is 0.451. The van der Waals surface area contributed by atoms with Crippen molar-refractivity contribution >= 4 is 47.2 Å². The van der Waals surface area contributed by atoms with Crippen LogP contribution in [-0.2, 0) is 31.1 Å². The average molecular weight is 552 g/mol. The summed E-state index contributed by atoms with van der Waals surface area (Å²) in [5.41, 5.74) is 1.60. The van der Waals surface area contributed by atoms with Crippen LogP contribution in [0.15, 0.2) is 35.2 Å². The molecule has 2 aliphatic heterocycles. The van der Waals surface area contributed by atoms with Gasteiger partial charge in [-0.05, 0) is 30.3 Å². The molecule has 2 aromatic heterocycles. The summed E-state index contributed by atoms with van der Waals surface area (Å²) in [5, 5.41) is 0. The number of piperazine rings is 1. The van der Waals surface area contributed by atoms with Gasteiger partial charge in [0.15, 0.2) is 21.5 Å². The van der Waals surface area contributed by atoms with E-state index in [1.807, 2.05) is 0 Å². The zero-order chi connectivity index (χ0) is 25.5. The molecule has 2 saturated heterocycles. The molecule has 0 amide bonds. The fraction of sp³-hybridized carbons (Fsp3) is 0.478. The Balaban J connectivity index is 1.46. The highest BCUT2D eigenvalue weighted by molar-refractivity contribution is 7.90. The number of aromatic nitrogens is 2. The van der Waals surface area contributed by atoms with E-state index in [1.54, 1.807) is 35.6 Å². The minimum Gasteiger partial charge on any atom is -0.378 e. The summed E-state index contributed by atoms with van der Waals surface area (Å²) in [6.07, 6.45) is 2.45. The maximum absolute atomic E-state index is 11.9. The molecule has 0 aliphatic carbocycles. The fourth-order valence-electron chi connectivity index (χ4n) is 4.45. The van der Waals surface area contributed by atoms with Crippen molar-refractivity contribution in [2.45, 2.75) is 11.4 Å². The van der Waals surface area contributed by atoms with Crippen molar-refractivity contribution in [3.8, 4) is 11.4 Å². The molecule has 0 spiro atoms. The molecule has 13 heteroatoms. The van der Waals surface area contributed by atoms with Crippen molar-refractivity contribution in [2.24, 2.45) is 0 Å². The number of anilines is 1. The zero-order valence-electron chi connectivity index (χ0n) is 20.3. The predicted octanol–water partition coefficient (Wildman–Crippen LogP) is 1.68. The smallest absolute Gasteiger partial charge is 0.211 e. The maximum atomic E-state index is 11.9. The molecule has 0 atom stereocenters. The first-order valence-electron chi connectivity index (χ1n) is 11.7. The van der Waals surface area contributed by atoms with Gasteiger partial charge in [0.05, 0.1) is 34.6 Å². The third-order valence-corrected chi connectivity index (χ3v) is 9.97. The molecule has 1 aromatic carbocycles. The van der Waals surface area contributed by atoms with Gasteiger partial charge in [-0.15, -0.1) is 11.3 Å². The van der Waals surface area contributed by atoms with Gasteiger partial charge in [-0.2, -0.15) is 4.31 Å². The van der Waals surface area contributed by atoms with Crippen molar-refractivity contribution in [2.75, 3.05) is 69.9 Å². The average Bonchev–Trinajstić information content (AvgIpc) is 3.25. The van der Waals surface area contributed by atoms with Crippen LogP contribution >= 0.6 is 11.3 Å². The van der Waals surface area contributed by atoms with Crippen molar-refractivity contribution in [1.82, 2.24) is 19.2 Å². The highest BCUT2D eigenvalue weighted by Gasteiger charge is 2.25. The minimum absolute atomic E-state index is 0.259. The van der Waals surface area contributed by atoms with Crippen molar-refractivity contribution in [1.29, 1.82) is 0 Å². The summed E-state index contributed by atoms with van der Waals surface area (Å²) in [5.74, 6) is 1.42. The number of hydrogen-bond donors (Lipinski definition) is 0. The first-order chi connectivity index (χ1) is 17.1. The highest BCUT2D eigenvalue weighted by Crippen LogP contribution is 2.35. The Hall–Kier alpha value is -2.16. The molecule has 0 saturated carbocycles. The number of ether oxygens (including phenoxy) is 1. The second-order valence-electron chi connectivity index (χ2n) is 9.13. The van der Waals surface area contributed by atoms with Gasteiger partial charge in [0.1, 0.15) is 0 Å². The van der Waals surface area contributed by atoms with Gasteiger partial charge in [0.2, 0.25) is 10.0 Å². The molecular weight excluding hydrogens is 522 g/mol. The Morgan fingerprint density at radius 1 is 0.917 bits per heavy atom. The van der Waals surface area contributed by atoms with Crippen LogP contribution in [0.5, 0.6) is 0 Å². The normalized spacial score (nSPS) is 18.7. The molecule has 2 aliphatic rings. The Morgan fingerprint density at radius 2 is 1.58 bits per heavy atom. The summed E-state index contributed by atoms with van der Waals surface area (Å²) in [7, 11) is -6.45. The van der Waals surface area contributed by atoms with E-state index in [9.17, 15) is 16.8 Å². The van der Waals surface area contributed by atoms with Gasteiger partial charge in [-0.3, -0.25) is 4.90 Å². The van der Waals surface area contributed by atoms with Crippen LogP contribution < -0.4 is 4.90 Å². The first kappa shape index (κ1) is 25.5. The van der Waals surface area contributed by atoms with Crippen LogP contribution in [-0.4, -0.2) is 101 Å². The minimum atomic E-state index is -3.29. The van der Waals surface area contributed by atoms with Crippen LogP contribution in [0.3, 0.4) is 0 Å². The third-order valence-electron chi connectivity index (χ3n) is 6.44. The largest absolute Gasteiger partial charge is 0.378 e. The van der Waals surface area contributed by atoms with Crippen molar-refractivity contribution < 1.29 is 21.6 Å². The number of sulfonamides is 1. The maximum Gasteiger partial charge on any atom is 0.211 e. The van der Waals surface area contributed by atoms with E-state index < -0.39 is 19.9 Å². The van der Waals surface area contributed by atoms with E-state index in [0.717, 1.165) is 46.1 Å². The lowest BCUT2D eigenvalue weighted by Crippen LogP contribution is -2.47. The predicted molar refractivity (Wildman–Crippen MR) is 141 cm³/mol. The van der Waals surface area contributed by atoms with Gasteiger partial charge in [0, 0.05) is 62.5 Å². The fourth-order valence-corrected chi connectivity index (χ4v) is 7.06. The molecule has 4 heterocycles. The van der Waals surface area contributed by atoms with Crippen molar-refractivity contribution in [3.63, 3.8) is 0 Å². The van der Waals surface area contributed by atoms with Crippen molar-refractivity contribution in [3.05, 3.63) is 35.2 Å². The number of nitrogens with zero attached hydrogens (tertiary/aromatic N) is 5. The molecule has 3 aromatic rings. The molecule has 0 unspecified atom stereocenters. The zero-order valence-corrected chi connectivity index (χ0v) is 22.7. The second kappa shape index (κ2) is 9.95. The van der Waals surface area contributed by atoms with Gasteiger partial charge < -0.3 is 9.64 Å². The first-order valence-corrected chi connectivity index (χ1v) is 16.2. The molecule has 10 nitrogen and oxygen atoms in total. The summed E-state index contributed by atoms with van der Waals surface area (Å²) in [6, 6.07) is 8.75. The van der Waals surface area contributed by atoms with Gasteiger partial charge in [0.25, 0.3) is 0 Å². The lowest BCUT2D eigenvalue weighted by molar-refractivity contribution is 0.122. The number of morpholine rings is 1. The molecule has 36 heavy (non-hydrogen) atoms. The lowest BCUT2D eigenvalue weighted by Gasteiger charge is -2.32. The third kappa shape index (κ3) is 5.55. The van der Waals surface area contributed by atoms with Gasteiger partial charge in [-0.1, -0.05) is 0 Å². The van der Waals surface area contributed by atoms with E-state index in [4.69, 9.17) is 14.7 Å². The van der Waals surface area contributed by atoms with Crippen LogP contribution in [0.1, 0.15) is 4.88 Å². The topological polar surface area (TPSA) is 113 Å². The highest BCUT2D eigenvalue weighted by atomic mass is 32.2. The van der Waals surface area contributed by atoms with Crippen LogP contribution in [0.4, 0.5) is 5.82 Å². The van der Waals surface area contributed by atoms with Crippen LogP contribution in [0.2, 0.25) is 0 Å². The van der Waals surface area contributed by atoms with E-state index >= 15 is 0 Å².